The third-order valence-corrected chi connectivity index (χ3v) is 4.88. The number of thiophene rings is 1. The first kappa shape index (κ1) is 12.2. The van der Waals surface area contributed by atoms with Crippen molar-refractivity contribution in [1.82, 2.24) is 5.32 Å². The zero-order valence-electron chi connectivity index (χ0n) is 10.7. The van der Waals surface area contributed by atoms with E-state index >= 15 is 0 Å². The summed E-state index contributed by atoms with van der Waals surface area (Å²) in [5.41, 5.74) is 1.46. The predicted octanol–water partition coefficient (Wildman–Crippen LogP) is 3.59. The lowest BCUT2D eigenvalue weighted by Crippen LogP contribution is -2.29. The standard InChI is InChI=1S/C15H19NOS/c1-16-15(11-6-8-17-9-7-11)13-10-18-14-5-3-2-4-12(13)14/h2-5,10-11,15-16H,6-9H2,1H3. The highest BCUT2D eigenvalue weighted by Gasteiger charge is 2.25. The number of fused-ring (bicyclic) bond motifs is 1. The molecule has 2 aromatic rings. The van der Waals surface area contributed by atoms with E-state index in [9.17, 15) is 0 Å². The Kier molecular flexibility index (Phi) is 3.64. The fraction of sp³-hybridized carbons (Fsp3) is 0.467. The lowest BCUT2D eigenvalue weighted by atomic mass is 9.87. The molecule has 1 N–H and O–H groups in total. The molecule has 96 valence electrons. The van der Waals surface area contributed by atoms with Gasteiger partial charge in [-0.05, 0) is 48.2 Å². The lowest BCUT2D eigenvalue weighted by molar-refractivity contribution is 0.0548. The molecule has 18 heavy (non-hydrogen) atoms. The van der Waals surface area contributed by atoms with Gasteiger partial charge in [0.1, 0.15) is 0 Å². The molecule has 3 heteroatoms. The second-order valence-corrected chi connectivity index (χ2v) is 5.81. The fourth-order valence-electron chi connectivity index (χ4n) is 2.93. The first-order valence-corrected chi connectivity index (χ1v) is 7.49. The second kappa shape index (κ2) is 5.39. The van der Waals surface area contributed by atoms with Gasteiger partial charge in [-0.25, -0.2) is 0 Å². The van der Waals surface area contributed by atoms with Crippen molar-refractivity contribution in [2.24, 2.45) is 5.92 Å². The Morgan fingerprint density at radius 3 is 2.83 bits per heavy atom. The predicted molar refractivity (Wildman–Crippen MR) is 77.2 cm³/mol. The molecule has 1 unspecified atom stereocenters. The van der Waals surface area contributed by atoms with Gasteiger partial charge in [-0.15, -0.1) is 11.3 Å². The van der Waals surface area contributed by atoms with Crippen LogP contribution in [0.5, 0.6) is 0 Å². The van der Waals surface area contributed by atoms with Crippen molar-refractivity contribution >= 4 is 21.4 Å². The smallest absolute Gasteiger partial charge is 0.0469 e. The second-order valence-electron chi connectivity index (χ2n) is 4.90. The van der Waals surface area contributed by atoms with Crippen LogP contribution in [0.1, 0.15) is 24.4 Å². The van der Waals surface area contributed by atoms with E-state index in [2.05, 4.69) is 42.0 Å². The van der Waals surface area contributed by atoms with Crippen LogP contribution in [0.4, 0.5) is 0 Å². The Morgan fingerprint density at radius 1 is 1.28 bits per heavy atom. The van der Waals surface area contributed by atoms with E-state index < -0.39 is 0 Å². The van der Waals surface area contributed by atoms with E-state index in [0.29, 0.717) is 12.0 Å². The summed E-state index contributed by atoms with van der Waals surface area (Å²) in [5.74, 6) is 0.696. The van der Waals surface area contributed by atoms with Crippen LogP contribution in [0.15, 0.2) is 29.6 Å². The Balaban J connectivity index is 1.95. The molecule has 0 bridgehead atoms. The van der Waals surface area contributed by atoms with E-state index in [1.165, 1.54) is 15.6 Å². The average molecular weight is 261 g/mol. The molecule has 0 radical (unpaired) electrons. The number of hydrogen-bond donors (Lipinski definition) is 1. The van der Waals surface area contributed by atoms with Gasteiger partial charge in [0.2, 0.25) is 0 Å². The third-order valence-electron chi connectivity index (χ3n) is 3.89. The van der Waals surface area contributed by atoms with Crippen LogP contribution in [-0.4, -0.2) is 20.3 Å². The highest BCUT2D eigenvalue weighted by atomic mass is 32.1. The molecule has 1 aromatic heterocycles. The van der Waals surface area contributed by atoms with Crippen LogP contribution >= 0.6 is 11.3 Å². The van der Waals surface area contributed by atoms with Crippen molar-refractivity contribution in [1.29, 1.82) is 0 Å². The van der Waals surface area contributed by atoms with Gasteiger partial charge in [-0.2, -0.15) is 0 Å². The molecule has 2 nitrogen and oxygen atoms in total. The Bertz CT molecular complexity index is 516. The minimum Gasteiger partial charge on any atom is -0.381 e. The summed E-state index contributed by atoms with van der Waals surface area (Å²) in [7, 11) is 2.08. The summed E-state index contributed by atoms with van der Waals surface area (Å²) >= 11 is 1.85. The normalized spacial score (nSPS) is 19.2. The summed E-state index contributed by atoms with van der Waals surface area (Å²) in [6.45, 7) is 1.82. The van der Waals surface area contributed by atoms with Crippen molar-refractivity contribution in [3.8, 4) is 0 Å². The summed E-state index contributed by atoms with van der Waals surface area (Å²) in [6.07, 6.45) is 2.32. The summed E-state index contributed by atoms with van der Waals surface area (Å²) in [4.78, 5) is 0. The molecule has 2 heterocycles. The van der Waals surface area contributed by atoms with E-state index in [1.54, 1.807) is 0 Å². The molecule has 1 fully saturated rings. The lowest BCUT2D eigenvalue weighted by Gasteiger charge is -2.30. The number of benzene rings is 1. The van der Waals surface area contributed by atoms with Crippen molar-refractivity contribution < 1.29 is 4.74 Å². The van der Waals surface area contributed by atoms with E-state index in [1.807, 2.05) is 11.3 Å². The van der Waals surface area contributed by atoms with Crippen LogP contribution in [0.3, 0.4) is 0 Å². The minimum absolute atomic E-state index is 0.463. The zero-order valence-corrected chi connectivity index (χ0v) is 11.5. The number of nitrogens with one attached hydrogen (secondary N) is 1. The Morgan fingerprint density at radius 2 is 2.06 bits per heavy atom. The summed E-state index contributed by atoms with van der Waals surface area (Å²) < 4.78 is 6.86. The number of hydrogen-bond acceptors (Lipinski definition) is 3. The van der Waals surface area contributed by atoms with Crippen molar-refractivity contribution in [2.75, 3.05) is 20.3 Å². The molecular formula is C15H19NOS. The van der Waals surface area contributed by atoms with E-state index in [4.69, 9.17) is 4.74 Å². The van der Waals surface area contributed by atoms with Gasteiger partial charge in [-0.1, -0.05) is 18.2 Å². The van der Waals surface area contributed by atoms with E-state index in [0.717, 1.165) is 26.1 Å². The van der Waals surface area contributed by atoms with Crippen molar-refractivity contribution in [3.63, 3.8) is 0 Å². The highest BCUT2D eigenvalue weighted by molar-refractivity contribution is 7.17. The Hall–Kier alpha value is -0.900. The third kappa shape index (κ3) is 2.18. The van der Waals surface area contributed by atoms with Crippen molar-refractivity contribution in [3.05, 3.63) is 35.2 Å². The highest BCUT2D eigenvalue weighted by Crippen LogP contribution is 2.36. The van der Waals surface area contributed by atoms with Crippen LogP contribution in [0.25, 0.3) is 10.1 Å². The molecule has 1 saturated heterocycles. The van der Waals surface area contributed by atoms with Gasteiger partial charge in [0, 0.05) is 24.0 Å². The molecule has 1 aromatic carbocycles. The largest absolute Gasteiger partial charge is 0.381 e. The van der Waals surface area contributed by atoms with Gasteiger partial charge < -0.3 is 10.1 Å². The minimum atomic E-state index is 0.463. The molecule has 1 aliphatic heterocycles. The summed E-state index contributed by atoms with van der Waals surface area (Å²) in [5, 5.41) is 7.25. The van der Waals surface area contributed by atoms with Gasteiger partial charge in [0.05, 0.1) is 0 Å². The summed E-state index contributed by atoms with van der Waals surface area (Å²) in [6, 6.07) is 9.16. The van der Waals surface area contributed by atoms with Gasteiger partial charge in [-0.3, -0.25) is 0 Å². The van der Waals surface area contributed by atoms with Crippen LogP contribution in [-0.2, 0) is 4.74 Å². The van der Waals surface area contributed by atoms with E-state index in [-0.39, 0.29) is 0 Å². The molecule has 0 saturated carbocycles. The maximum Gasteiger partial charge on any atom is 0.0469 e. The zero-order chi connectivity index (χ0) is 12.4. The van der Waals surface area contributed by atoms with Crippen molar-refractivity contribution in [2.45, 2.75) is 18.9 Å². The maximum absolute atomic E-state index is 5.47. The number of rotatable bonds is 3. The monoisotopic (exact) mass is 261 g/mol. The van der Waals surface area contributed by atoms with Gasteiger partial charge in [0.15, 0.2) is 0 Å². The average Bonchev–Trinajstić information content (AvgIpc) is 2.85. The molecule has 1 atom stereocenters. The molecule has 0 amide bonds. The van der Waals surface area contributed by atoms with Gasteiger partial charge in [0.25, 0.3) is 0 Å². The quantitative estimate of drug-likeness (QED) is 0.911. The van der Waals surface area contributed by atoms with Crippen LogP contribution in [0, 0.1) is 5.92 Å². The SMILES string of the molecule is CNC(c1csc2ccccc12)C1CCOCC1. The van der Waals surface area contributed by atoms with Crippen LogP contribution < -0.4 is 5.32 Å². The molecule has 3 rings (SSSR count). The molecule has 0 spiro atoms. The Labute approximate surface area is 112 Å². The topological polar surface area (TPSA) is 21.3 Å². The van der Waals surface area contributed by atoms with Gasteiger partial charge >= 0.3 is 0 Å². The first-order chi connectivity index (χ1) is 8.90. The fourth-order valence-corrected chi connectivity index (χ4v) is 3.93. The molecular weight excluding hydrogens is 242 g/mol. The number of ether oxygens (including phenoxy) is 1. The van der Waals surface area contributed by atoms with Crippen LogP contribution in [0.2, 0.25) is 0 Å². The first-order valence-electron chi connectivity index (χ1n) is 6.61. The molecule has 0 aliphatic carbocycles. The maximum atomic E-state index is 5.47. The molecule has 1 aliphatic rings.